The van der Waals surface area contributed by atoms with E-state index < -0.39 is 5.97 Å². The minimum Gasteiger partial charge on any atom is -0.493 e. The zero-order valence-corrected chi connectivity index (χ0v) is 19.6. The Hall–Kier alpha value is -3.83. The van der Waals surface area contributed by atoms with E-state index >= 15 is 0 Å². The molecule has 0 amide bonds. The molecule has 0 aliphatic heterocycles. The highest BCUT2D eigenvalue weighted by atomic mass is 32.1. The molecule has 172 valence electrons. The summed E-state index contributed by atoms with van der Waals surface area (Å²) in [5.74, 6) is 0.477. The molecule has 0 unspecified atom stereocenters. The number of rotatable bonds is 8. The Morgan fingerprint density at radius 3 is 2.85 bits per heavy atom. The van der Waals surface area contributed by atoms with Gasteiger partial charge in [0.25, 0.3) is 11.4 Å². The Labute approximate surface area is 201 Å². The highest BCUT2D eigenvalue weighted by molar-refractivity contribution is 7.18. The van der Waals surface area contributed by atoms with Crippen LogP contribution in [0.4, 0.5) is 0 Å². The van der Waals surface area contributed by atoms with Crippen LogP contribution < -0.4 is 10.3 Å². The fourth-order valence-corrected chi connectivity index (χ4v) is 5.10. The molecule has 0 aliphatic carbocycles. The molecule has 0 N–H and O–H groups in total. The molecular weight excluding hydrogens is 476 g/mol. The van der Waals surface area contributed by atoms with E-state index in [1.165, 1.54) is 22.2 Å². The first-order valence-electron chi connectivity index (χ1n) is 10.3. The number of thiophene rings is 2. The smallest absolute Gasteiger partial charge is 0.326 e. The van der Waals surface area contributed by atoms with Gasteiger partial charge in [-0.1, -0.05) is 23.4 Å². The van der Waals surface area contributed by atoms with Crippen LogP contribution in [0.15, 0.2) is 62.8 Å². The maximum Gasteiger partial charge on any atom is 0.326 e. The molecule has 4 heterocycles. The largest absolute Gasteiger partial charge is 0.493 e. The summed E-state index contributed by atoms with van der Waals surface area (Å²) >= 11 is 2.94. The average molecular weight is 495 g/mol. The summed E-state index contributed by atoms with van der Waals surface area (Å²) in [6.45, 7) is 1.89. The molecule has 0 spiro atoms. The van der Waals surface area contributed by atoms with Crippen LogP contribution in [0.3, 0.4) is 0 Å². The van der Waals surface area contributed by atoms with E-state index in [1.54, 1.807) is 11.3 Å². The van der Waals surface area contributed by atoms with Crippen molar-refractivity contribution in [2.24, 2.45) is 0 Å². The first-order valence-corrected chi connectivity index (χ1v) is 12.1. The summed E-state index contributed by atoms with van der Waals surface area (Å²) in [4.78, 5) is 35.7. The lowest BCUT2D eigenvalue weighted by molar-refractivity contribution is -0.146. The van der Waals surface area contributed by atoms with Crippen LogP contribution in [0, 0.1) is 0 Å². The van der Waals surface area contributed by atoms with Gasteiger partial charge in [0, 0.05) is 15.8 Å². The van der Waals surface area contributed by atoms with E-state index in [1.807, 2.05) is 54.1 Å². The van der Waals surface area contributed by atoms with Gasteiger partial charge in [-0.15, -0.1) is 22.7 Å². The first kappa shape index (κ1) is 22.0. The third-order valence-electron chi connectivity index (χ3n) is 4.90. The Kier molecular flexibility index (Phi) is 6.19. The first-order chi connectivity index (χ1) is 16.6. The summed E-state index contributed by atoms with van der Waals surface area (Å²) in [5.41, 5.74) is 1.20. The maximum absolute atomic E-state index is 13.0. The standard InChI is InChI=1S/C23H18N4O5S2/c1-2-30-16-7-4-3-6-14(16)21-25-18(32-26-21)11-31-19(28)10-27-13-24-22-20(23(27)29)15(12-34-22)17-8-5-9-33-17/h3-9,12-13H,2,10-11H2,1H3. The van der Waals surface area contributed by atoms with Gasteiger partial charge >= 0.3 is 5.97 Å². The molecule has 0 fully saturated rings. The van der Waals surface area contributed by atoms with Crippen LogP contribution in [-0.2, 0) is 22.7 Å². The summed E-state index contributed by atoms with van der Waals surface area (Å²) < 4.78 is 17.3. The topological polar surface area (TPSA) is 109 Å². The van der Waals surface area contributed by atoms with Crippen molar-refractivity contribution in [1.29, 1.82) is 0 Å². The summed E-state index contributed by atoms with van der Waals surface area (Å²) in [5, 5.41) is 8.30. The van der Waals surface area contributed by atoms with Crippen molar-refractivity contribution >= 4 is 38.9 Å². The molecule has 0 bridgehead atoms. The Bertz CT molecular complexity index is 1500. The van der Waals surface area contributed by atoms with E-state index in [-0.39, 0.29) is 24.6 Å². The van der Waals surface area contributed by atoms with E-state index in [2.05, 4.69) is 15.1 Å². The number of para-hydroxylation sites is 1. The second-order valence-corrected chi connectivity index (χ2v) is 8.89. The maximum atomic E-state index is 13.0. The Balaban J connectivity index is 1.28. The summed E-state index contributed by atoms with van der Waals surface area (Å²) in [6, 6.07) is 11.2. The molecule has 1 aromatic carbocycles. The van der Waals surface area contributed by atoms with Crippen molar-refractivity contribution in [2.75, 3.05) is 6.61 Å². The van der Waals surface area contributed by atoms with Crippen LogP contribution in [0.5, 0.6) is 5.75 Å². The molecule has 34 heavy (non-hydrogen) atoms. The molecule has 9 nitrogen and oxygen atoms in total. The normalized spacial score (nSPS) is 11.1. The lowest BCUT2D eigenvalue weighted by Crippen LogP contribution is -2.25. The van der Waals surface area contributed by atoms with E-state index in [4.69, 9.17) is 14.0 Å². The van der Waals surface area contributed by atoms with Crippen molar-refractivity contribution in [2.45, 2.75) is 20.1 Å². The highest BCUT2D eigenvalue weighted by Crippen LogP contribution is 2.33. The fraction of sp³-hybridized carbons (Fsp3) is 0.174. The second kappa shape index (κ2) is 9.57. The SMILES string of the molecule is CCOc1ccccc1-c1noc(COC(=O)Cn2cnc3scc(-c4cccs4)c3c2=O)n1. The van der Waals surface area contributed by atoms with Crippen molar-refractivity contribution in [1.82, 2.24) is 19.7 Å². The number of ether oxygens (including phenoxy) is 2. The Morgan fingerprint density at radius 1 is 1.15 bits per heavy atom. The predicted octanol–water partition coefficient (Wildman–Crippen LogP) is 4.38. The summed E-state index contributed by atoms with van der Waals surface area (Å²) in [6.07, 6.45) is 1.36. The van der Waals surface area contributed by atoms with Crippen LogP contribution in [0.25, 0.3) is 32.0 Å². The van der Waals surface area contributed by atoms with E-state index in [0.717, 1.165) is 10.4 Å². The molecule has 5 rings (SSSR count). The minimum atomic E-state index is -0.620. The van der Waals surface area contributed by atoms with Gasteiger partial charge in [-0.05, 0) is 30.5 Å². The predicted molar refractivity (Wildman–Crippen MR) is 128 cm³/mol. The lowest BCUT2D eigenvalue weighted by Gasteiger charge is -2.06. The van der Waals surface area contributed by atoms with Gasteiger partial charge in [0.05, 0.1) is 23.9 Å². The molecule has 11 heteroatoms. The fourth-order valence-electron chi connectivity index (χ4n) is 3.38. The molecule has 0 saturated carbocycles. The van der Waals surface area contributed by atoms with Crippen LogP contribution in [0.2, 0.25) is 0 Å². The van der Waals surface area contributed by atoms with Gasteiger partial charge in [0.15, 0.2) is 6.61 Å². The molecular formula is C23H18N4O5S2. The number of hydrogen-bond acceptors (Lipinski definition) is 10. The quantitative estimate of drug-likeness (QED) is 0.292. The zero-order valence-electron chi connectivity index (χ0n) is 18.0. The third-order valence-corrected chi connectivity index (χ3v) is 6.69. The monoisotopic (exact) mass is 494 g/mol. The average Bonchev–Trinajstić information content (AvgIpc) is 3.61. The zero-order chi connectivity index (χ0) is 23.5. The number of fused-ring (bicyclic) bond motifs is 1. The number of carbonyl (C=O) groups excluding carboxylic acids is 1. The second-order valence-electron chi connectivity index (χ2n) is 7.09. The number of carbonyl (C=O) groups is 1. The third kappa shape index (κ3) is 4.35. The van der Waals surface area contributed by atoms with Crippen LogP contribution in [-0.4, -0.2) is 32.3 Å². The van der Waals surface area contributed by atoms with Crippen LogP contribution >= 0.6 is 22.7 Å². The molecule has 0 radical (unpaired) electrons. The van der Waals surface area contributed by atoms with Gasteiger partial charge in [0.1, 0.15) is 17.1 Å². The van der Waals surface area contributed by atoms with Crippen molar-refractivity contribution in [3.8, 4) is 27.6 Å². The molecule has 0 aliphatic rings. The number of hydrogen-bond donors (Lipinski definition) is 0. The number of benzene rings is 1. The van der Waals surface area contributed by atoms with Gasteiger partial charge in [-0.25, -0.2) is 4.98 Å². The molecule has 4 aromatic heterocycles. The minimum absolute atomic E-state index is 0.133. The van der Waals surface area contributed by atoms with E-state index in [9.17, 15) is 9.59 Å². The van der Waals surface area contributed by atoms with Gasteiger partial charge in [0.2, 0.25) is 5.82 Å². The highest BCUT2D eigenvalue weighted by Gasteiger charge is 2.17. The van der Waals surface area contributed by atoms with Gasteiger partial charge in [-0.2, -0.15) is 4.98 Å². The molecule has 5 aromatic rings. The van der Waals surface area contributed by atoms with Crippen molar-refractivity contribution in [3.63, 3.8) is 0 Å². The summed E-state index contributed by atoms with van der Waals surface area (Å²) in [7, 11) is 0. The Morgan fingerprint density at radius 2 is 2.03 bits per heavy atom. The number of nitrogens with zero attached hydrogens (tertiary/aromatic N) is 4. The lowest BCUT2D eigenvalue weighted by atomic mass is 10.2. The van der Waals surface area contributed by atoms with Crippen molar-refractivity contribution < 1.29 is 18.8 Å². The van der Waals surface area contributed by atoms with Crippen molar-refractivity contribution in [3.05, 3.63) is 69.7 Å². The van der Waals surface area contributed by atoms with Gasteiger partial charge < -0.3 is 14.0 Å². The molecule has 0 saturated heterocycles. The van der Waals surface area contributed by atoms with Crippen LogP contribution in [0.1, 0.15) is 12.8 Å². The number of esters is 1. The molecule has 0 atom stereocenters. The number of aromatic nitrogens is 4. The van der Waals surface area contributed by atoms with E-state index in [0.29, 0.717) is 34.0 Å². The van der Waals surface area contributed by atoms with Gasteiger partial charge in [-0.3, -0.25) is 14.2 Å².